The third-order valence-corrected chi connectivity index (χ3v) is 3.40. The van der Waals surface area contributed by atoms with E-state index >= 15 is 0 Å². The molecule has 0 saturated heterocycles. The van der Waals surface area contributed by atoms with Crippen molar-refractivity contribution in [3.05, 3.63) is 22.5 Å². The molecule has 3 heteroatoms. The van der Waals surface area contributed by atoms with Gasteiger partial charge in [0, 0.05) is 37.1 Å². The molecule has 1 aromatic rings. The summed E-state index contributed by atoms with van der Waals surface area (Å²) in [5.41, 5.74) is 4.44. The van der Waals surface area contributed by atoms with Crippen LogP contribution in [0.15, 0.2) is 0 Å². The topological polar surface area (TPSA) is 42.1 Å². The number of hydrogen-bond donors (Lipinski definition) is 1. The molecule has 0 bridgehead atoms. The van der Waals surface area contributed by atoms with Crippen LogP contribution < -0.4 is 0 Å². The summed E-state index contributed by atoms with van der Waals surface area (Å²) < 4.78 is 5.14. The third-order valence-electron chi connectivity index (χ3n) is 3.40. The maximum Gasteiger partial charge on any atom is 0.165 e. The molecule has 1 aromatic heterocycles. The number of methoxy groups -OCH3 is 1. The predicted molar refractivity (Wildman–Crippen MR) is 62.9 cm³/mol. The molecule has 0 spiro atoms. The van der Waals surface area contributed by atoms with E-state index in [9.17, 15) is 4.79 Å². The number of Topliss-reactive ketones (excluding diaryl/α,β-unsaturated/α-hetero) is 1. The number of rotatable bonds is 3. The smallest absolute Gasteiger partial charge is 0.165 e. The minimum Gasteiger partial charge on any atom is -0.384 e. The van der Waals surface area contributed by atoms with Crippen LogP contribution in [0.5, 0.6) is 0 Å². The van der Waals surface area contributed by atoms with E-state index in [0.717, 1.165) is 29.8 Å². The standard InChI is InChI=1S/C13H19NO2/c1-4-10-8(2)14-11-5-9(7-16-3)6-12(15)13(10)11/h9,14H,4-7H2,1-3H3. The Bertz CT molecular complexity index is 406. The second kappa shape index (κ2) is 4.42. The van der Waals surface area contributed by atoms with Crippen molar-refractivity contribution in [1.82, 2.24) is 4.98 Å². The van der Waals surface area contributed by atoms with E-state index in [1.165, 1.54) is 5.56 Å². The predicted octanol–water partition coefficient (Wildman–Crippen LogP) is 2.28. The number of ketones is 1. The molecule has 88 valence electrons. The van der Waals surface area contributed by atoms with Gasteiger partial charge in [-0.05, 0) is 31.2 Å². The Labute approximate surface area is 96.2 Å². The van der Waals surface area contributed by atoms with Gasteiger partial charge in [0.25, 0.3) is 0 Å². The molecular weight excluding hydrogens is 202 g/mol. The van der Waals surface area contributed by atoms with E-state index in [-0.39, 0.29) is 5.78 Å². The number of aromatic nitrogens is 1. The molecule has 3 nitrogen and oxygen atoms in total. The molecule has 16 heavy (non-hydrogen) atoms. The third kappa shape index (κ3) is 1.80. The fraction of sp³-hybridized carbons (Fsp3) is 0.615. The summed E-state index contributed by atoms with van der Waals surface area (Å²) in [7, 11) is 1.69. The summed E-state index contributed by atoms with van der Waals surface area (Å²) in [6, 6.07) is 0. The summed E-state index contributed by atoms with van der Waals surface area (Å²) in [4.78, 5) is 15.4. The molecule has 1 heterocycles. The highest BCUT2D eigenvalue weighted by Crippen LogP contribution is 2.30. The van der Waals surface area contributed by atoms with Crippen molar-refractivity contribution in [3.8, 4) is 0 Å². The van der Waals surface area contributed by atoms with Crippen molar-refractivity contribution >= 4 is 5.78 Å². The van der Waals surface area contributed by atoms with Crippen LogP contribution in [0.3, 0.4) is 0 Å². The van der Waals surface area contributed by atoms with Gasteiger partial charge in [-0.15, -0.1) is 0 Å². The van der Waals surface area contributed by atoms with Gasteiger partial charge in [-0.1, -0.05) is 6.92 Å². The lowest BCUT2D eigenvalue weighted by molar-refractivity contribution is 0.0883. The van der Waals surface area contributed by atoms with E-state index in [0.29, 0.717) is 18.9 Å². The number of aryl methyl sites for hydroxylation is 1. The van der Waals surface area contributed by atoms with Crippen molar-refractivity contribution < 1.29 is 9.53 Å². The van der Waals surface area contributed by atoms with Gasteiger partial charge in [0.15, 0.2) is 5.78 Å². The Hall–Kier alpha value is -1.09. The van der Waals surface area contributed by atoms with E-state index in [1.54, 1.807) is 7.11 Å². The van der Waals surface area contributed by atoms with Gasteiger partial charge in [-0.25, -0.2) is 0 Å². The number of H-pyrrole nitrogens is 1. The van der Waals surface area contributed by atoms with Gasteiger partial charge < -0.3 is 9.72 Å². The highest BCUT2D eigenvalue weighted by molar-refractivity contribution is 6.00. The highest BCUT2D eigenvalue weighted by Gasteiger charge is 2.29. The minimum absolute atomic E-state index is 0.282. The fourth-order valence-electron chi connectivity index (χ4n) is 2.74. The molecular formula is C13H19NO2. The van der Waals surface area contributed by atoms with Crippen LogP contribution >= 0.6 is 0 Å². The quantitative estimate of drug-likeness (QED) is 0.850. The lowest BCUT2D eigenvalue weighted by atomic mass is 9.85. The fourth-order valence-corrected chi connectivity index (χ4v) is 2.74. The summed E-state index contributed by atoms with van der Waals surface area (Å²) in [5.74, 6) is 0.622. The van der Waals surface area contributed by atoms with Gasteiger partial charge in [-0.3, -0.25) is 4.79 Å². The highest BCUT2D eigenvalue weighted by atomic mass is 16.5. The second-order valence-electron chi connectivity index (χ2n) is 4.59. The first-order chi connectivity index (χ1) is 7.67. The number of carbonyl (C=O) groups is 1. The Morgan fingerprint density at radius 3 is 2.81 bits per heavy atom. The Kier molecular flexibility index (Phi) is 3.15. The van der Waals surface area contributed by atoms with Gasteiger partial charge in [-0.2, -0.15) is 0 Å². The zero-order valence-electron chi connectivity index (χ0n) is 10.2. The van der Waals surface area contributed by atoms with Crippen LogP contribution in [0, 0.1) is 12.8 Å². The van der Waals surface area contributed by atoms with Gasteiger partial charge in [0.05, 0.1) is 0 Å². The van der Waals surface area contributed by atoms with Crippen LogP contribution in [-0.2, 0) is 17.6 Å². The molecule has 1 unspecified atom stereocenters. The van der Waals surface area contributed by atoms with Crippen molar-refractivity contribution in [1.29, 1.82) is 0 Å². The monoisotopic (exact) mass is 221 g/mol. The second-order valence-corrected chi connectivity index (χ2v) is 4.59. The molecule has 1 N–H and O–H groups in total. The molecule has 1 aliphatic rings. The normalized spacial score (nSPS) is 19.9. The first-order valence-corrected chi connectivity index (χ1v) is 5.89. The van der Waals surface area contributed by atoms with Crippen molar-refractivity contribution in [2.75, 3.05) is 13.7 Å². The number of nitrogens with one attached hydrogen (secondary N) is 1. The lowest BCUT2D eigenvalue weighted by Gasteiger charge is -2.20. The number of fused-ring (bicyclic) bond motifs is 1. The molecule has 0 aliphatic heterocycles. The van der Waals surface area contributed by atoms with Crippen LogP contribution in [0.1, 0.15) is 40.7 Å². The van der Waals surface area contributed by atoms with E-state index in [4.69, 9.17) is 4.74 Å². The van der Waals surface area contributed by atoms with Crippen molar-refractivity contribution in [2.45, 2.75) is 33.1 Å². The van der Waals surface area contributed by atoms with E-state index in [2.05, 4.69) is 18.8 Å². The van der Waals surface area contributed by atoms with Crippen LogP contribution in [0.4, 0.5) is 0 Å². The Morgan fingerprint density at radius 1 is 1.44 bits per heavy atom. The largest absolute Gasteiger partial charge is 0.384 e. The Balaban J connectivity index is 2.34. The van der Waals surface area contributed by atoms with Gasteiger partial charge in [0.1, 0.15) is 0 Å². The number of hydrogen-bond acceptors (Lipinski definition) is 2. The van der Waals surface area contributed by atoms with Crippen LogP contribution in [0.2, 0.25) is 0 Å². The zero-order valence-corrected chi connectivity index (χ0v) is 10.2. The number of aromatic amines is 1. The summed E-state index contributed by atoms with van der Waals surface area (Å²) in [6.45, 7) is 4.82. The summed E-state index contributed by atoms with van der Waals surface area (Å²) in [6.07, 6.45) is 2.50. The molecule has 0 aromatic carbocycles. The van der Waals surface area contributed by atoms with Crippen LogP contribution in [0.25, 0.3) is 0 Å². The molecule has 0 radical (unpaired) electrons. The molecule has 1 atom stereocenters. The van der Waals surface area contributed by atoms with E-state index < -0.39 is 0 Å². The summed E-state index contributed by atoms with van der Waals surface area (Å²) in [5, 5.41) is 0. The average Bonchev–Trinajstić information content (AvgIpc) is 2.54. The summed E-state index contributed by atoms with van der Waals surface area (Å²) >= 11 is 0. The SMILES string of the molecule is CCc1c(C)[nH]c2c1C(=O)CC(COC)C2. The molecule has 0 saturated carbocycles. The average molecular weight is 221 g/mol. The lowest BCUT2D eigenvalue weighted by Crippen LogP contribution is -2.23. The van der Waals surface area contributed by atoms with Crippen molar-refractivity contribution in [2.24, 2.45) is 5.92 Å². The number of carbonyl (C=O) groups excluding carboxylic acids is 1. The first-order valence-electron chi connectivity index (χ1n) is 5.89. The van der Waals surface area contributed by atoms with Gasteiger partial charge >= 0.3 is 0 Å². The van der Waals surface area contributed by atoms with E-state index in [1.807, 2.05) is 0 Å². The maximum absolute atomic E-state index is 12.1. The molecule has 2 rings (SSSR count). The molecule has 0 amide bonds. The molecule has 1 aliphatic carbocycles. The number of ether oxygens (including phenoxy) is 1. The van der Waals surface area contributed by atoms with Gasteiger partial charge in [0.2, 0.25) is 0 Å². The maximum atomic E-state index is 12.1. The first kappa shape index (κ1) is 11.4. The Morgan fingerprint density at radius 2 is 2.19 bits per heavy atom. The van der Waals surface area contributed by atoms with Crippen LogP contribution in [-0.4, -0.2) is 24.5 Å². The molecule has 0 fully saturated rings. The minimum atomic E-state index is 0.282. The van der Waals surface area contributed by atoms with Crippen molar-refractivity contribution in [3.63, 3.8) is 0 Å². The zero-order chi connectivity index (χ0) is 11.7.